The Hall–Kier alpha value is -1.58. The fourth-order valence-electron chi connectivity index (χ4n) is 2.21. The lowest BCUT2D eigenvalue weighted by Gasteiger charge is -2.16. The van der Waals surface area contributed by atoms with Crippen LogP contribution in [-0.2, 0) is 0 Å². The SMILES string of the molecule is CC(C)CC(N)COc1ccc(-c2ccncc2)cc1Cl. The van der Waals surface area contributed by atoms with Gasteiger partial charge in [0, 0.05) is 18.4 Å². The molecule has 0 saturated heterocycles. The molecule has 4 heteroatoms. The molecule has 1 atom stereocenters. The predicted octanol–water partition coefficient (Wildman–Crippen LogP) is 4.15. The Balaban J connectivity index is 2.03. The van der Waals surface area contributed by atoms with Crippen LogP contribution in [0.3, 0.4) is 0 Å². The number of hydrogen-bond acceptors (Lipinski definition) is 3. The molecule has 0 aliphatic heterocycles. The zero-order chi connectivity index (χ0) is 15.2. The van der Waals surface area contributed by atoms with Gasteiger partial charge in [-0.15, -0.1) is 0 Å². The monoisotopic (exact) mass is 304 g/mol. The van der Waals surface area contributed by atoms with Crippen LogP contribution in [0.15, 0.2) is 42.7 Å². The molecule has 1 unspecified atom stereocenters. The molecular formula is C17H21ClN2O. The number of hydrogen-bond donors (Lipinski definition) is 1. The number of benzene rings is 1. The maximum Gasteiger partial charge on any atom is 0.138 e. The van der Waals surface area contributed by atoms with E-state index in [4.69, 9.17) is 22.1 Å². The number of nitrogens with zero attached hydrogens (tertiary/aromatic N) is 1. The maximum atomic E-state index is 6.29. The first-order valence-electron chi connectivity index (χ1n) is 7.14. The van der Waals surface area contributed by atoms with Crippen molar-refractivity contribution in [1.29, 1.82) is 0 Å². The van der Waals surface area contributed by atoms with Crippen molar-refractivity contribution < 1.29 is 4.74 Å². The molecule has 1 heterocycles. The molecule has 0 amide bonds. The first-order valence-corrected chi connectivity index (χ1v) is 7.52. The van der Waals surface area contributed by atoms with E-state index in [1.165, 1.54) is 0 Å². The largest absolute Gasteiger partial charge is 0.490 e. The third-order valence-electron chi connectivity index (χ3n) is 3.17. The molecule has 0 aliphatic carbocycles. The number of pyridine rings is 1. The van der Waals surface area contributed by atoms with Gasteiger partial charge in [-0.2, -0.15) is 0 Å². The van der Waals surface area contributed by atoms with Crippen LogP contribution in [0.5, 0.6) is 5.75 Å². The van der Waals surface area contributed by atoms with Crippen LogP contribution in [0.2, 0.25) is 5.02 Å². The van der Waals surface area contributed by atoms with Crippen molar-refractivity contribution in [1.82, 2.24) is 4.98 Å². The highest BCUT2D eigenvalue weighted by atomic mass is 35.5. The number of nitrogens with two attached hydrogens (primary N) is 1. The summed E-state index contributed by atoms with van der Waals surface area (Å²) in [7, 11) is 0. The molecule has 2 N–H and O–H groups in total. The van der Waals surface area contributed by atoms with Gasteiger partial charge in [-0.25, -0.2) is 0 Å². The summed E-state index contributed by atoms with van der Waals surface area (Å²) in [6, 6.07) is 9.71. The van der Waals surface area contributed by atoms with Crippen molar-refractivity contribution in [2.24, 2.45) is 11.7 Å². The van der Waals surface area contributed by atoms with Crippen LogP contribution in [0.4, 0.5) is 0 Å². The first-order chi connectivity index (χ1) is 10.1. The lowest BCUT2D eigenvalue weighted by atomic mass is 10.1. The normalized spacial score (nSPS) is 12.4. The van der Waals surface area contributed by atoms with Crippen molar-refractivity contribution in [2.45, 2.75) is 26.3 Å². The van der Waals surface area contributed by atoms with Crippen molar-refractivity contribution in [3.05, 3.63) is 47.7 Å². The van der Waals surface area contributed by atoms with Gasteiger partial charge in [-0.3, -0.25) is 4.98 Å². The first kappa shape index (κ1) is 15.8. The fourth-order valence-corrected chi connectivity index (χ4v) is 2.45. The smallest absolute Gasteiger partial charge is 0.138 e. The van der Waals surface area contributed by atoms with Crippen LogP contribution in [0.25, 0.3) is 11.1 Å². The standard InChI is InChI=1S/C17H21ClN2O/c1-12(2)9-15(19)11-21-17-4-3-14(10-16(17)18)13-5-7-20-8-6-13/h3-8,10,12,15H,9,11,19H2,1-2H3. The van der Waals surface area contributed by atoms with Crippen molar-refractivity contribution in [3.63, 3.8) is 0 Å². The predicted molar refractivity (Wildman–Crippen MR) is 87.6 cm³/mol. The Morgan fingerprint density at radius 2 is 1.86 bits per heavy atom. The summed E-state index contributed by atoms with van der Waals surface area (Å²) in [5.41, 5.74) is 8.14. The third kappa shape index (κ3) is 4.73. The molecule has 0 saturated carbocycles. The molecule has 1 aromatic carbocycles. The van der Waals surface area contributed by atoms with Crippen LogP contribution in [0.1, 0.15) is 20.3 Å². The average Bonchev–Trinajstić information content (AvgIpc) is 2.46. The number of ether oxygens (including phenoxy) is 1. The summed E-state index contributed by atoms with van der Waals surface area (Å²) in [6.07, 6.45) is 4.46. The van der Waals surface area contributed by atoms with Crippen LogP contribution in [-0.4, -0.2) is 17.6 Å². The molecule has 0 bridgehead atoms. The Kier molecular flexibility index (Phi) is 5.59. The van der Waals surface area contributed by atoms with Gasteiger partial charge in [-0.05, 0) is 47.7 Å². The minimum Gasteiger partial charge on any atom is -0.490 e. The van der Waals surface area contributed by atoms with Gasteiger partial charge in [0.05, 0.1) is 5.02 Å². The van der Waals surface area contributed by atoms with Crippen molar-refractivity contribution >= 4 is 11.6 Å². The van der Waals surface area contributed by atoms with E-state index < -0.39 is 0 Å². The van der Waals surface area contributed by atoms with E-state index >= 15 is 0 Å². The second-order valence-electron chi connectivity index (χ2n) is 5.58. The molecule has 1 aromatic heterocycles. The van der Waals surface area contributed by atoms with E-state index in [2.05, 4.69) is 18.8 Å². The fraction of sp³-hybridized carbons (Fsp3) is 0.353. The Morgan fingerprint density at radius 1 is 1.14 bits per heavy atom. The Morgan fingerprint density at radius 3 is 2.48 bits per heavy atom. The van der Waals surface area contributed by atoms with Crippen molar-refractivity contribution in [3.8, 4) is 16.9 Å². The molecule has 21 heavy (non-hydrogen) atoms. The topological polar surface area (TPSA) is 48.1 Å². The van der Waals surface area contributed by atoms with Crippen molar-refractivity contribution in [2.75, 3.05) is 6.61 Å². The minimum absolute atomic E-state index is 0.0286. The van der Waals surface area contributed by atoms with Gasteiger partial charge in [0.25, 0.3) is 0 Å². The van der Waals surface area contributed by atoms with Gasteiger partial charge >= 0.3 is 0 Å². The Bertz CT molecular complexity index is 572. The molecule has 0 radical (unpaired) electrons. The molecular weight excluding hydrogens is 284 g/mol. The zero-order valence-electron chi connectivity index (χ0n) is 12.4. The van der Waals surface area contributed by atoms with Gasteiger partial charge in [0.15, 0.2) is 0 Å². The van der Waals surface area contributed by atoms with E-state index in [9.17, 15) is 0 Å². The molecule has 0 fully saturated rings. The van der Waals surface area contributed by atoms with E-state index in [1.54, 1.807) is 12.4 Å². The summed E-state index contributed by atoms with van der Waals surface area (Å²) < 4.78 is 5.72. The van der Waals surface area contributed by atoms with E-state index in [0.717, 1.165) is 17.5 Å². The van der Waals surface area contributed by atoms with E-state index in [1.807, 2.05) is 30.3 Å². The highest BCUT2D eigenvalue weighted by Gasteiger charge is 2.09. The number of rotatable bonds is 6. The third-order valence-corrected chi connectivity index (χ3v) is 3.47. The van der Waals surface area contributed by atoms with E-state index in [0.29, 0.717) is 23.3 Å². The van der Waals surface area contributed by atoms with Gasteiger partial charge in [-0.1, -0.05) is 31.5 Å². The maximum absolute atomic E-state index is 6.29. The Labute approximate surface area is 131 Å². The molecule has 2 rings (SSSR count). The van der Waals surface area contributed by atoms with E-state index in [-0.39, 0.29) is 6.04 Å². The second kappa shape index (κ2) is 7.43. The van der Waals surface area contributed by atoms with Crippen LogP contribution >= 0.6 is 11.6 Å². The number of aromatic nitrogens is 1. The van der Waals surface area contributed by atoms with Gasteiger partial charge in [0.1, 0.15) is 12.4 Å². The number of halogens is 1. The lowest BCUT2D eigenvalue weighted by molar-refractivity contribution is 0.271. The highest BCUT2D eigenvalue weighted by Crippen LogP contribution is 2.30. The average molecular weight is 305 g/mol. The zero-order valence-corrected chi connectivity index (χ0v) is 13.2. The minimum atomic E-state index is 0.0286. The van der Waals surface area contributed by atoms with Crippen LogP contribution < -0.4 is 10.5 Å². The summed E-state index contributed by atoms with van der Waals surface area (Å²) in [4.78, 5) is 4.01. The van der Waals surface area contributed by atoms with Gasteiger partial charge < -0.3 is 10.5 Å². The summed E-state index contributed by atoms with van der Waals surface area (Å²) >= 11 is 6.29. The molecule has 0 spiro atoms. The van der Waals surface area contributed by atoms with Gasteiger partial charge in [0.2, 0.25) is 0 Å². The highest BCUT2D eigenvalue weighted by molar-refractivity contribution is 6.32. The second-order valence-corrected chi connectivity index (χ2v) is 5.99. The summed E-state index contributed by atoms with van der Waals surface area (Å²) in [5.74, 6) is 1.24. The molecule has 2 aromatic rings. The lowest BCUT2D eigenvalue weighted by Crippen LogP contribution is -2.29. The molecule has 112 valence electrons. The molecule has 3 nitrogen and oxygen atoms in total. The summed E-state index contributed by atoms with van der Waals surface area (Å²) in [6.45, 7) is 4.78. The summed E-state index contributed by atoms with van der Waals surface area (Å²) in [5, 5.41) is 0.598. The van der Waals surface area contributed by atoms with Crippen LogP contribution in [0, 0.1) is 5.92 Å². The molecule has 0 aliphatic rings. The quantitative estimate of drug-likeness (QED) is 0.872.